The largest absolute Gasteiger partial charge is 0.332 e. The van der Waals surface area contributed by atoms with Crippen LogP contribution in [0.1, 0.15) is 16.3 Å². The van der Waals surface area contributed by atoms with Gasteiger partial charge in [0.1, 0.15) is 10.7 Å². The monoisotopic (exact) mass is 351 g/mol. The van der Waals surface area contributed by atoms with E-state index in [9.17, 15) is 4.79 Å². The van der Waals surface area contributed by atoms with Crippen LogP contribution in [0, 0.1) is 6.92 Å². The van der Waals surface area contributed by atoms with Crippen molar-refractivity contribution in [1.29, 1.82) is 0 Å². The van der Waals surface area contributed by atoms with E-state index in [0.29, 0.717) is 13.1 Å². The molecule has 4 aromatic rings. The number of pyridine rings is 1. The van der Waals surface area contributed by atoms with Crippen molar-refractivity contribution in [3.8, 4) is 0 Å². The standard InChI is InChI=1S/C18H17N5OS/c1-12-6-7-16-21-13(11-23(16)10-12)8-19-18(24)20-9-17-22-14-4-2-3-5-15(14)25-17/h2-7,10-11H,8-9H2,1H3,(H2,19,20,24). The zero-order chi connectivity index (χ0) is 17.2. The van der Waals surface area contributed by atoms with Crippen LogP contribution in [0.5, 0.6) is 0 Å². The van der Waals surface area contributed by atoms with Gasteiger partial charge in [-0.05, 0) is 30.7 Å². The first-order valence-electron chi connectivity index (χ1n) is 7.98. The predicted molar refractivity (Wildman–Crippen MR) is 98.6 cm³/mol. The second-order valence-corrected chi connectivity index (χ2v) is 6.93. The molecule has 3 aromatic heterocycles. The third-order valence-electron chi connectivity index (χ3n) is 3.82. The van der Waals surface area contributed by atoms with Gasteiger partial charge < -0.3 is 15.0 Å². The van der Waals surface area contributed by atoms with Crippen molar-refractivity contribution in [2.24, 2.45) is 0 Å². The van der Waals surface area contributed by atoms with Gasteiger partial charge in [0.05, 0.1) is 29.0 Å². The summed E-state index contributed by atoms with van der Waals surface area (Å²) < 4.78 is 3.09. The van der Waals surface area contributed by atoms with Gasteiger partial charge in [0, 0.05) is 12.4 Å². The molecule has 0 atom stereocenters. The second-order valence-electron chi connectivity index (χ2n) is 5.82. The number of hydrogen-bond donors (Lipinski definition) is 2. The molecule has 7 heteroatoms. The zero-order valence-corrected chi connectivity index (χ0v) is 14.5. The van der Waals surface area contributed by atoms with Crippen LogP contribution in [-0.2, 0) is 13.1 Å². The quantitative estimate of drug-likeness (QED) is 0.593. The number of fused-ring (bicyclic) bond motifs is 2. The van der Waals surface area contributed by atoms with Crippen LogP contribution in [-0.4, -0.2) is 20.4 Å². The van der Waals surface area contributed by atoms with Crippen LogP contribution in [0.2, 0.25) is 0 Å². The topological polar surface area (TPSA) is 71.3 Å². The van der Waals surface area contributed by atoms with Gasteiger partial charge in [-0.25, -0.2) is 14.8 Å². The normalized spacial score (nSPS) is 11.1. The molecular weight excluding hydrogens is 334 g/mol. The first-order chi connectivity index (χ1) is 12.2. The molecule has 0 aliphatic rings. The number of amides is 2. The first kappa shape index (κ1) is 15.6. The summed E-state index contributed by atoms with van der Waals surface area (Å²) in [5.74, 6) is 0. The summed E-state index contributed by atoms with van der Waals surface area (Å²) in [6.07, 6.45) is 3.94. The third kappa shape index (κ3) is 3.46. The number of carbonyl (C=O) groups excluding carboxylic acids is 1. The molecule has 0 saturated heterocycles. The van der Waals surface area contributed by atoms with Gasteiger partial charge in [-0.15, -0.1) is 11.3 Å². The maximum Gasteiger partial charge on any atom is 0.315 e. The van der Waals surface area contributed by atoms with E-state index < -0.39 is 0 Å². The smallest absolute Gasteiger partial charge is 0.315 e. The summed E-state index contributed by atoms with van der Waals surface area (Å²) in [6, 6.07) is 11.7. The number of rotatable bonds is 4. The number of aryl methyl sites for hydroxylation is 1. The number of benzene rings is 1. The van der Waals surface area contributed by atoms with Crippen molar-refractivity contribution in [3.05, 3.63) is 65.1 Å². The Kier molecular flexibility index (Phi) is 4.07. The van der Waals surface area contributed by atoms with Crippen molar-refractivity contribution in [1.82, 2.24) is 25.0 Å². The minimum absolute atomic E-state index is 0.229. The molecule has 2 amide bonds. The highest BCUT2D eigenvalue weighted by molar-refractivity contribution is 7.18. The highest BCUT2D eigenvalue weighted by atomic mass is 32.1. The van der Waals surface area contributed by atoms with Crippen molar-refractivity contribution in [2.45, 2.75) is 20.0 Å². The Morgan fingerprint density at radius 1 is 1.08 bits per heavy atom. The van der Waals surface area contributed by atoms with Crippen LogP contribution in [0.25, 0.3) is 15.9 Å². The van der Waals surface area contributed by atoms with Gasteiger partial charge in [-0.2, -0.15) is 0 Å². The molecule has 4 rings (SSSR count). The van der Waals surface area contributed by atoms with Gasteiger partial charge in [0.15, 0.2) is 0 Å². The van der Waals surface area contributed by atoms with Crippen molar-refractivity contribution in [3.63, 3.8) is 0 Å². The first-order valence-corrected chi connectivity index (χ1v) is 8.79. The van der Waals surface area contributed by atoms with Gasteiger partial charge in [0.25, 0.3) is 0 Å². The minimum atomic E-state index is -0.229. The molecule has 1 aromatic carbocycles. The van der Waals surface area contributed by atoms with E-state index in [1.54, 1.807) is 11.3 Å². The Morgan fingerprint density at radius 2 is 1.92 bits per heavy atom. The van der Waals surface area contributed by atoms with Crippen molar-refractivity contribution < 1.29 is 4.79 Å². The molecule has 0 radical (unpaired) electrons. The van der Waals surface area contributed by atoms with E-state index in [1.165, 1.54) is 0 Å². The average Bonchev–Trinajstić information content (AvgIpc) is 3.20. The van der Waals surface area contributed by atoms with E-state index in [0.717, 1.165) is 32.1 Å². The molecule has 0 fully saturated rings. The van der Waals surface area contributed by atoms with Crippen LogP contribution in [0.15, 0.2) is 48.8 Å². The number of carbonyl (C=O) groups is 1. The third-order valence-corrected chi connectivity index (χ3v) is 4.85. The maximum atomic E-state index is 12.0. The molecule has 0 saturated carbocycles. The molecule has 126 valence electrons. The number of nitrogens with zero attached hydrogens (tertiary/aromatic N) is 3. The van der Waals surface area contributed by atoms with E-state index >= 15 is 0 Å². The zero-order valence-electron chi connectivity index (χ0n) is 13.7. The van der Waals surface area contributed by atoms with Crippen LogP contribution >= 0.6 is 11.3 Å². The van der Waals surface area contributed by atoms with Crippen LogP contribution in [0.4, 0.5) is 4.79 Å². The molecule has 0 unspecified atom stereocenters. The SMILES string of the molecule is Cc1ccc2nc(CNC(=O)NCc3nc4ccccc4s3)cn2c1. The summed E-state index contributed by atoms with van der Waals surface area (Å²) in [5.41, 5.74) is 3.82. The highest BCUT2D eigenvalue weighted by Gasteiger charge is 2.07. The van der Waals surface area contributed by atoms with E-state index in [-0.39, 0.29) is 6.03 Å². The Bertz CT molecular complexity index is 1020. The second kappa shape index (κ2) is 6.52. The minimum Gasteiger partial charge on any atom is -0.332 e. The summed E-state index contributed by atoms with van der Waals surface area (Å²) in [7, 11) is 0. The van der Waals surface area contributed by atoms with Crippen LogP contribution < -0.4 is 10.6 Å². The molecule has 0 aliphatic heterocycles. The lowest BCUT2D eigenvalue weighted by atomic mass is 10.3. The number of urea groups is 1. The number of aromatic nitrogens is 3. The number of para-hydroxylation sites is 1. The lowest BCUT2D eigenvalue weighted by molar-refractivity contribution is 0.240. The van der Waals surface area contributed by atoms with E-state index in [2.05, 4.69) is 20.6 Å². The molecule has 0 aliphatic carbocycles. The molecule has 3 heterocycles. The Balaban J connectivity index is 1.33. The van der Waals surface area contributed by atoms with Gasteiger partial charge in [-0.3, -0.25) is 0 Å². The number of hydrogen-bond acceptors (Lipinski definition) is 4. The number of imidazole rings is 1. The summed E-state index contributed by atoms with van der Waals surface area (Å²) in [4.78, 5) is 21.0. The molecule has 6 nitrogen and oxygen atoms in total. The van der Waals surface area contributed by atoms with Gasteiger partial charge in [-0.1, -0.05) is 18.2 Å². The van der Waals surface area contributed by atoms with E-state index in [4.69, 9.17) is 0 Å². The van der Waals surface area contributed by atoms with Crippen molar-refractivity contribution in [2.75, 3.05) is 0 Å². The summed E-state index contributed by atoms with van der Waals surface area (Å²) >= 11 is 1.59. The number of thiazole rings is 1. The van der Waals surface area contributed by atoms with Gasteiger partial charge >= 0.3 is 6.03 Å². The lowest BCUT2D eigenvalue weighted by Crippen LogP contribution is -2.34. The summed E-state index contributed by atoms with van der Waals surface area (Å²) in [6.45, 7) is 2.83. The fraction of sp³-hybridized carbons (Fsp3) is 0.167. The molecular formula is C18H17N5OS. The van der Waals surface area contributed by atoms with Crippen LogP contribution in [0.3, 0.4) is 0 Å². The van der Waals surface area contributed by atoms with E-state index in [1.807, 2.05) is 60.1 Å². The fourth-order valence-electron chi connectivity index (χ4n) is 2.63. The molecule has 25 heavy (non-hydrogen) atoms. The Hall–Kier alpha value is -2.93. The lowest BCUT2D eigenvalue weighted by Gasteiger charge is -2.04. The van der Waals surface area contributed by atoms with Crippen molar-refractivity contribution >= 4 is 33.2 Å². The molecule has 2 N–H and O–H groups in total. The molecule has 0 bridgehead atoms. The highest BCUT2D eigenvalue weighted by Crippen LogP contribution is 2.21. The maximum absolute atomic E-state index is 12.0. The average molecular weight is 351 g/mol. The Labute approximate surface area is 148 Å². The van der Waals surface area contributed by atoms with Gasteiger partial charge in [0.2, 0.25) is 0 Å². The predicted octanol–water partition coefficient (Wildman–Crippen LogP) is 3.25. The summed E-state index contributed by atoms with van der Waals surface area (Å²) in [5, 5.41) is 6.55. The number of nitrogens with one attached hydrogen (secondary N) is 2. The Morgan fingerprint density at radius 3 is 2.80 bits per heavy atom. The molecule has 0 spiro atoms. The fourth-order valence-corrected chi connectivity index (χ4v) is 3.53.